The first-order valence-corrected chi connectivity index (χ1v) is 6.89. The average Bonchev–Trinajstić information content (AvgIpc) is 2.70. The highest BCUT2D eigenvalue weighted by Crippen LogP contribution is 2.42. The molecule has 2 N–H and O–H groups in total. The molecule has 0 bridgehead atoms. The lowest BCUT2D eigenvalue weighted by Crippen LogP contribution is -2.03. The van der Waals surface area contributed by atoms with Gasteiger partial charge in [0.15, 0.2) is 0 Å². The molecular formula is C10H16N2S2. The summed E-state index contributed by atoms with van der Waals surface area (Å²) in [5, 5.41) is 1.93. The Bertz CT molecular complexity index is 314. The van der Waals surface area contributed by atoms with Crippen molar-refractivity contribution in [3.05, 3.63) is 15.6 Å². The van der Waals surface area contributed by atoms with Gasteiger partial charge >= 0.3 is 0 Å². The van der Waals surface area contributed by atoms with Crippen molar-refractivity contribution in [3.63, 3.8) is 0 Å². The maximum Gasteiger partial charge on any atom is 0.106 e. The second-order valence-corrected chi connectivity index (χ2v) is 6.16. The number of thiazole rings is 1. The van der Waals surface area contributed by atoms with Crippen LogP contribution in [0.15, 0.2) is 0 Å². The minimum atomic E-state index is 0.132. The quantitative estimate of drug-likeness (QED) is 0.845. The maximum atomic E-state index is 5.89. The largest absolute Gasteiger partial charge is 0.323 e. The molecule has 2 heterocycles. The van der Waals surface area contributed by atoms with E-state index in [-0.39, 0.29) is 6.04 Å². The van der Waals surface area contributed by atoms with Crippen molar-refractivity contribution in [1.82, 2.24) is 4.98 Å². The first-order chi connectivity index (χ1) is 6.68. The summed E-state index contributed by atoms with van der Waals surface area (Å²) in [6.45, 7) is 4.10. The van der Waals surface area contributed by atoms with E-state index in [9.17, 15) is 0 Å². The lowest BCUT2D eigenvalue weighted by Gasteiger charge is -2.02. The zero-order chi connectivity index (χ0) is 10.1. The fraction of sp³-hybridized carbons (Fsp3) is 0.700. The SMILES string of the molecule is Cc1nc(C2CCCS2)sc1C(C)N. The van der Waals surface area contributed by atoms with E-state index in [1.165, 1.54) is 28.5 Å². The summed E-state index contributed by atoms with van der Waals surface area (Å²) in [6, 6.07) is 0.132. The van der Waals surface area contributed by atoms with Gasteiger partial charge in [-0.05, 0) is 32.4 Å². The van der Waals surface area contributed by atoms with Gasteiger partial charge < -0.3 is 5.73 Å². The summed E-state index contributed by atoms with van der Waals surface area (Å²) >= 11 is 3.84. The van der Waals surface area contributed by atoms with Crippen LogP contribution in [0.5, 0.6) is 0 Å². The highest BCUT2D eigenvalue weighted by molar-refractivity contribution is 7.99. The molecule has 0 aliphatic carbocycles. The fourth-order valence-corrected chi connectivity index (χ4v) is 4.29. The molecule has 4 heteroatoms. The van der Waals surface area contributed by atoms with Gasteiger partial charge in [0.05, 0.1) is 10.9 Å². The van der Waals surface area contributed by atoms with Crippen LogP contribution in [0.2, 0.25) is 0 Å². The molecule has 0 saturated carbocycles. The van der Waals surface area contributed by atoms with Gasteiger partial charge in [0, 0.05) is 10.9 Å². The number of rotatable bonds is 2. The topological polar surface area (TPSA) is 38.9 Å². The molecule has 0 aromatic carbocycles. The van der Waals surface area contributed by atoms with Crippen molar-refractivity contribution in [2.45, 2.75) is 38.0 Å². The molecule has 2 rings (SSSR count). The van der Waals surface area contributed by atoms with Gasteiger partial charge in [0.2, 0.25) is 0 Å². The van der Waals surface area contributed by atoms with Crippen molar-refractivity contribution >= 4 is 23.1 Å². The number of thioether (sulfide) groups is 1. The van der Waals surface area contributed by atoms with E-state index in [2.05, 4.69) is 11.9 Å². The molecule has 1 saturated heterocycles. The fourth-order valence-electron chi connectivity index (χ4n) is 1.76. The Kier molecular flexibility index (Phi) is 3.14. The monoisotopic (exact) mass is 228 g/mol. The van der Waals surface area contributed by atoms with Gasteiger partial charge in [-0.15, -0.1) is 11.3 Å². The second kappa shape index (κ2) is 4.21. The minimum Gasteiger partial charge on any atom is -0.323 e. The molecule has 1 aliphatic heterocycles. The molecule has 0 radical (unpaired) electrons. The predicted octanol–water partition coefficient (Wildman–Crippen LogP) is 3.04. The summed E-state index contributed by atoms with van der Waals surface area (Å²) in [4.78, 5) is 5.89. The summed E-state index contributed by atoms with van der Waals surface area (Å²) in [5.41, 5.74) is 7.02. The Morgan fingerprint density at radius 3 is 2.86 bits per heavy atom. The lowest BCUT2D eigenvalue weighted by atomic mass is 10.2. The van der Waals surface area contributed by atoms with E-state index in [0.29, 0.717) is 5.25 Å². The van der Waals surface area contributed by atoms with Gasteiger partial charge in [0.1, 0.15) is 5.01 Å². The van der Waals surface area contributed by atoms with Crippen LogP contribution in [0.1, 0.15) is 46.6 Å². The molecule has 0 spiro atoms. The van der Waals surface area contributed by atoms with E-state index in [1.54, 1.807) is 0 Å². The van der Waals surface area contributed by atoms with E-state index >= 15 is 0 Å². The Balaban J connectivity index is 2.22. The summed E-state index contributed by atoms with van der Waals surface area (Å²) in [7, 11) is 0. The van der Waals surface area contributed by atoms with Crippen molar-refractivity contribution in [3.8, 4) is 0 Å². The third-order valence-electron chi connectivity index (χ3n) is 2.47. The van der Waals surface area contributed by atoms with Crippen molar-refractivity contribution in [1.29, 1.82) is 0 Å². The molecule has 1 fully saturated rings. The lowest BCUT2D eigenvalue weighted by molar-refractivity contribution is 0.812. The van der Waals surface area contributed by atoms with E-state index in [4.69, 9.17) is 5.73 Å². The van der Waals surface area contributed by atoms with Crippen LogP contribution >= 0.6 is 23.1 Å². The van der Waals surface area contributed by atoms with Crippen LogP contribution in [0.4, 0.5) is 0 Å². The van der Waals surface area contributed by atoms with Crippen LogP contribution in [0.25, 0.3) is 0 Å². The van der Waals surface area contributed by atoms with Gasteiger partial charge in [-0.25, -0.2) is 4.98 Å². The Labute approximate surface area is 93.3 Å². The number of aromatic nitrogens is 1. The summed E-state index contributed by atoms with van der Waals surface area (Å²) in [6.07, 6.45) is 2.62. The zero-order valence-electron chi connectivity index (χ0n) is 8.62. The van der Waals surface area contributed by atoms with E-state index in [0.717, 1.165) is 5.69 Å². The molecule has 2 unspecified atom stereocenters. The Morgan fingerprint density at radius 1 is 1.57 bits per heavy atom. The Hall–Kier alpha value is -0.0600. The summed E-state index contributed by atoms with van der Waals surface area (Å²) in [5.74, 6) is 1.29. The zero-order valence-corrected chi connectivity index (χ0v) is 10.3. The predicted molar refractivity (Wildman–Crippen MR) is 63.9 cm³/mol. The first-order valence-electron chi connectivity index (χ1n) is 5.03. The van der Waals surface area contributed by atoms with E-state index < -0.39 is 0 Å². The number of hydrogen-bond donors (Lipinski definition) is 1. The van der Waals surface area contributed by atoms with Crippen LogP contribution in [0.3, 0.4) is 0 Å². The van der Waals surface area contributed by atoms with Crippen molar-refractivity contribution < 1.29 is 0 Å². The summed E-state index contributed by atoms with van der Waals surface area (Å²) < 4.78 is 0. The molecule has 14 heavy (non-hydrogen) atoms. The van der Waals surface area contributed by atoms with Crippen molar-refractivity contribution in [2.75, 3.05) is 5.75 Å². The van der Waals surface area contributed by atoms with Crippen LogP contribution < -0.4 is 5.73 Å². The molecule has 1 aromatic heterocycles. The number of hydrogen-bond acceptors (Lipinski definition) is 4. The highest BCUT2D eigenvalue weighted by atomic mass is 32.2. The van der Waals surface area contributed by atoms with Gasteiger partial charge in [-0.3, -0.25) is 0 Å². The third kappa shape index (κ3) is 1.97. The van der Waals surface area contributed by atoms with E-state index in [1.807, 2.05) is 30.0 Å². The molecule has 0 amide bonds. The van der Waals surface area contributed by atoms with Crippen LogP contribution in [-0.4, -0.2) is 10.7 Å². The molecule has 78 valence electrons. The van der Waals surface area contributed by atoms with Gasteiger partial charge in [-0.2, -0.15) is 11.8 Å². The van der Waals surface area contributed by atoms with Crippen LogP contribution in [-0.2, 0) is 0 Å². The number of nitrogens with two attached hydrogens (primary N) is 1. The number of aryl methyl sites for hydroxylation is 1. The molecule has 2 atom stereocenters. The second-order valence-electron chi connectivity index (χ2n) is 3.79. The molecule has 2 nitrogen and oxygen atoms in total. The van der Waals surface area contributed by atoms with Gasteiger partial charge in [-0.1, -0.05) is 0 Å². The first kappa shape index (κ1) is 10.5. The number of nitrogens with zero attached hydrogens (tertiary/aromatic N) is 1. The smallest absolute Gasteiger partial charge is 0.106 e. The van der Waals surface area contributed by atoms with Crippen LogP contribution in [0, 0.1) is 6.92 Å². The van der Waals surface area contributed by atoms with Crippen molar-refractivity contribution in [2.24, 2.45) is 5.73 Å². The normalized spacial score (nSPS) is 24.1. The average molecular weight is 228 g/mol. The third-order valence-corrected chi connectivity index (χ3v) is 5.47. The highest BCUT2D eigenvalue weighted by Gasteiger charge is 2.22. The van der Waals surface area contributed by atoms with Gasteiger partial charge in [0.25, 0.3) is 0 Å². The maximum absolute atomic E-state index is 5.89. The minimum absolute atomic E-state index is 0.132. The molecule has 1 aromatic rings. The standard InChI is InChI=1S/C10H16N2S2/c1-6(11)9-7(2)12-10(14-9)8-4-3-5-13-8/h6,8H,3-5,11H2,1-2H3. The molecular weight excluding hydrogens is 212 g/mol. The Morgan fingerprint density at radius 2 is 2.36 bits per heavy atom. The molecule has 1 aliphatic rings.